The van der Waals surface area contributed by atoms with E-state index < -0.39 is 55.9 Å². The Morgan fingerprint density at radius 3 is 2.36 bits per heavy atom. The number of carbonyl (C=O) groups is 2. The Kier molecular flexibility index (Phi) is 7.42. The lowest BCUT2D eigenvalue weighted by atomic mass is 9.52. The number of benzene rings is 2. The lowest BCUT2D eigenvalue weighted by Gasteiger charge is -2.58. The molecule has 4 fully saturated rings. The average molecular weight is 587 g/mol. The number of ether oxygens (including phenoxy) is 1. The molecule has 8 nitrogen and oxygen atoms in total. The fourth-order valence-electron chi connectivity index (χ4n) is 5.86. The molecule has 3 saturated carbocycles. The van der Waals surface area contributed by atoms with E-state index in [2.05, 4.69) is 10.6 Å². The Morgan fingerprint density at radius 1 is 1.08 bits per heavy atom. The van der Waals surface area contributed by atoms with Crippen molar-refractivity contribution in [3.8, 4) is 0 Å². The number of nitrogens with one attached hydrogen (secondary N) is 2. The van der Waals surface area contributed by atoms with Gasteiger partial charge in [0.25, 0.3) is 5.91 Å². The van der Waals surface area contributed by atoms with Gasteiger partial charge in [0.05, 0.1) is 39.8 Å². The number of sulfone groups is 1. The number of rotatable bonds is 7. The summed E-state index contributed by atoms with van der Waals surface area (Å²) in [7, 11) is -4.05. The molecule has 13 heteroatoms. The molecule has 2 aromatic carbocycles. The first kappa shape index (κ1) is 27.9. The van der Waals surface area contributed by atoms with Crippen molar-refractivity contribution in [3.05, 3.63) is 58.4 Å². The molecule has 1 heterocycles. The molecule has 2 amide bonds. The molecule has 1 saturated heterocycles. The molecule has 210 valence electrons. The van der Waals surface area contributed by atoms with Crippen molar-refractivity contribution in [2.75, 3.05) is 18.5 Å². The number of carbonyl (C=O) groups excluding carboxylic acids is 2. The molecule has 4 aliphatic rings. The van der Waals surface area contributed by atoms with Gasteiger partial charge in [-0.25, -0.2) is 21.6 Å². The summed E-state index contributed by atoms with van der Waals surface area (Å²) in [6.45, 7) is 0.988. The largest absolute Gasteiger partial charge is 0.389 e. The van der Waals surface area contributed by atoms with E-state index in [1.54, 1.807) is 0 Å². The lowest BCUT2D eigenvalue weighted by Crippen LogP contribution is -2.63. The van der Waals surface area contributed by atoms with Crippen molar-refractivity contribution < 1.29 is 41.0 Å². The van der Waals surface area contributed by atoms with Crippen LogP contribution < -0.4 is 10.6 Å². The van der Waals surface area contributed by atoms with Gasteiger partial charge in [0.15, 0.2) is 27.3 Å². The highest BCUT2D eigenvalue weighted by molar-refractivity contribution is 7.92. The maximum absolute atomic E-state index is 13.6. The number of hydrogen-bond acceptors (Lipinski definition) is 6. The van der Waals surface area contributed by atoms with Gasteiger partial charge in [0.1, 0.15) is 0 Å². The van der Waals surface area contributed by atoms with Crippen molar-refractivity contribution >= 4 is 38.9 Å². The van der Waals surface area contributed by atoms with Crippen LogP contribution in [0.4, 0.5) is 18.9 Å². The smallest absolute Gasteiger partial charge is 0.255 e. The van der Waals surface area contributed by atoms with Crippen LogP contribution in [0.15, 0.2) is 35.2 Å². The first-order valence-corrected chi connectivity index (χ1v) is 14.4. The molecule has 0 radical (unpaired) electrons. The predicted octanol–water partition coefficient (Wildman–Crippen LogP) is 3.61. The number of halogens is 4. The summed E-state index contributed by atoms with van der Waals surface area (Å²) in [4.78, 5) is 24.9. The molecule has 3 aliphatic carbocycles. The number of hydrogen-bond donors (Lipinski definition) is 3. The van der Waals surface area contributed by atoms with E-state index in [-0.39, 0.29) is 52.4 Å². The minimum Gasteiger partial charge on any atom is -0.389 e. The van der Waals surface area contributed by atoms with Crippen LogP contribution in [0, 0.1) is 29.3 Å². The number of fused-ring (bicyclic) bond motifs is 2. The maximum Gasteiger partial charge on any atom is 0.255 e. The molecular weight excluding hydrogens is 561 g/mol. The second-order valence-corrected chi connectivity index (χ2v) is 13.0. The topological polar surface area (TPSA) is 122 Å². The Hall–Kier alpha value is -2.67. The molecular formula is C26H26ClF3N2O6S. The monoisotopic (exact) mass is 586 g/mol. The van der Waals surface area contributed by atoms with E-state index in [9.17, 15) is 36.3 Å². The van der Waals surface area contributed by atoms with Gasteiger partial charge in [-0.3, -0.25) is 9.59 Å². The van der Waals surface area contributed by atoms with Crippen molar-refractivity contribution in [2.24, 2.45) is 11.8 Å². The summed E-state index contributed by atoms with van der Waals surface area (Å²) in [5.41, 5.74) is -1.79. The third-order valence-electron chi connectivity index (χ3n) is 8.00. The van der Waals surface area contributed by atoms with Gasteiger partial charge in [-0.15, -0.1) is 0 Å². The van der Waals surface area contributed by atoms with E-state index in [0.717, 1.165) is 6.07 Å². The summed E-state index contributed by atoms with van der Waals surface area (Å²) in [6, 6.07) is 4.65. The normalized spacial score (nSPS) is 28.0. The second-order valence-electron chi connectivity index (χ2n) is 10.4. The predicted molar refractivity (Wildman–Crippen MR) is 134 cm³/mol. The highest BCUT2D eigenvalue weighted by Gasteiger charge is 2.60. The van der Waals surface area contributed by atoms with Gasteiger partial charge in [0.2, 0.25) is 5.91 Å². The van der Waals surface area contributed by atoms with Crippen LogP contribution in [-0.4, -0.2) is 55.4 Å². The van der Waals surface area contributed by atoms with Crippen molar-refractivity contribution in [2.45, 2.75) is 53.9 Å². The summed E-state index contributed by atoms with van der Waals surface area (Å²) in [6.07, 6.45) is 1.43. The van der Waals surface area contributed by atoms with E-state index in [1.807, 2.05) is 0 Å². The standard InChI is InChI=1S/C26H26ClF3N2O6S/c27-19-2-1-13(25(34)32-17-9-20(28)24(30)21(29)10-17)5-22(19)39(36,37)18-7-14-6-15(8-18)26(14,35)11-23(33)31-16-3-4-38-12-16/h1-2,5,9-10,14-16,18,35H,3-4,6-8,11-12H2,(H,31,33)(H,32,34)/t14?,15?,16-,18?,26?/m1/s1. The molecule has 6 rings (SSSR count). The van der Waals surface area contributed by atoms with Crippen LogP contribution in [-0.2, 0) is 19.4 Å². The third kappa shape index (κ3) is 5.27. The van der Waals surface area contributed by atoms with Crippen LogP contribution >= 0.6 is 11.6 Å². The highest BCUT2D eigenvalue weighted by atomic mass is 35.5. The SMILES string of the molecule is O=C(CC1(O)C2CC1CC(S(=O)(=O)c1cc(C(=O)Nc3cc(F)c(F)c(F)c3)ccc1Cl)C2)N[C@@H]1CCOC1. The second kappa shape index (κ2) is 10.4. The molecule has 1 aliphatic heterocycles. The molecule has 0 aromatic heterocycles. The van der Waals surface area contributed by atoms with Crippen molar-refractivity contribution in [1.82, 2.24) is 5.32 Å². The first-order chi connectivity index (χ1) is 18.4. The highest BCUT2D eigenvalue weighted by Crippen LogP contribution is 2.57. The molecule has 3 atom stereocenters. The van der Waals surface area contributed by atoms with Crippen molar-refractivity contribution in [1.29, 1.82) is 0 Å². The Labute approximate surface area is 227 Å². The van der Waals surface area contributed by atoms with Crippen LogP contribution in [0.1, 0.15) is 42.5 Å². The Morgan fingerprint density at radius 2 is 1.74 bits per heavy atom. The fourth-order valence-corrected chi connectivity index (χ4v) is 8.26. The van der Waals surface area contributed by atoms with E-state index in [4.69, 9.17) is 16.3 Å². The van der Waals surface area contributed by atoms with Crippen LogP contribution in [0.5, 0.6) is 0 Å². The molecule has 2 bridgehead atoms. The molecule has 3 N–H and O–H groups in total. The fraction of sp³-hybridized carbons (Fsp3) is 0.462. The van der Waals surface area contributed by atoms with Gasteiger partial charge in [-0.1, -0.05) is 11.6 Å². The van der Waals surface area contributed by atoms with Crippen LogP contribution in [0.25, 0.3) is 0 Å². The van der Waals surface area contributed by atoms with E-state index in [0.29, 0.717) is 38.2 Å². The number of anilines is 1. The summed E-state index contributed by atoms with van der Waals surface area (Å²) < 4.78 is 72.6. The minimum atomic E-state index is -4.05. The van der Waals surface area contributed by atoms with Crippen molar-refractivity contribution in [3.63, 3.8) is 0 Å². The molecule has 2 unspecified atom stereocenters. The van der Waals surface area contributed by atoms with E-state index >= 15 is 0 Å². The Bertz CT molecular complexity index is 1400. The van der Waals surface area contributed by atoms with Gasteiger partial charge < -0.3 is 20.5 Å². The Balaban J connectivity index is 1.29. The van der Waals surface area contributed by atoms with Crippen LogP contribution in [0.3, 0.4) is 0 Å². The quantitative estimate of drug-likeness (QED) is 0.426. The molecule has 39 heavy (non-hydrogen) atoms. The average Bonchev–Trinajstić information content (AvgIpc) is 3.40. The van der Waals surface area contributed by atoms with Gasteiger partial charge in [-0.05, 0) is 55.7 Å². The maximum atomic E-state index is 13.6. The zero-order chi connectivity index (χ0) is 28.1. The number of aliphatic hydroxyl groups is 1. The summed E-state index contributed by atoms with van der Waals surface area (Å²) in [5, 5.41) is 15.3. The molecule has 0 spiro atoms. The molecule has 2 aromatic rings. The minimum absolute atomic E-state index is 0.0955. The lowest BCUT2D eigenvalue weighted by molar-refractivity contribution is -0.184. The number of amides is 2. The third-order valence-corrected chi connectivity index (χ3v) is 10.7. The van der Waals surface area contributed by atoms with Gasteiger partial charge in [-0.2, -0.15) is 0 Å². The zero-order valence-electron chi connectivity index (χ0n) is 20.6. The van der Waals surface area contributed by atoms with Gasteiger partial charge >= 0.3 is 0 Å². The van der Waals surface area contributed by atoms with E-state index in [1.165, 1.54) is 12.1 Å². The van der Waals surface area contributed by atoms with Gasteiger partial charge in [0, 0.05) is 30.0 Å². The zero-order valence-corrected chi connectivity index (χ0v) is 22.1. The van der Waals surface area contributed by atoms with Crippen LogP contribution in [0.2, 0.25) is 5.02 Å². The summed E-state index contributed by atoms with van der Waals surface area (Å²) in [5.74, 6) is -6.64. The first-order valence-electron chi connectivity index (χ1n) is 12.5. The summed E-state index contributed by atoms with van der Waals surface area (Å²) >= 11 is 6.21.